The SMILES string of the molecule is Cc1ccccc1-n1c(C)nnc1SCc1ccc(F)cc1F. The van der Waals surface area contributed by atoms with Crippen LogP contribution in [0, 0.1) is 25.5 Å². The molecule has 1 heterocycles. The molecule has 0 spiro atoms. The summed E-state index contributed by atoms with van der Waals surface area (Å²) in [5, 5.41) is 8.98. The summed E-state index contributed by atoms with van der Waals surface area (Å²) < 4.78 is 28.7. The molecular formula is C17H15F2N3S. The zero-order valence-corrected chi connectivity index (χ0v) is 13.6. The second-order valence-electron chi connectivity index (χ2n) is 5.18. The lowest BCUT2D eigenvalue weighted by atomic mass is 10.2. The fourth-order valence-electron chi connectivity index (χ4n) is 2.31. The van der Waals surface area contributed by atoms with Crippen molar-refractivity contribution in [2.24, 2.45) is 0 Å². The van der Waals surface area contributed by atoms with Gasteiger partial charge in [0.05, 0.1) is 5.69 Å². The van der Waals surface area contributed by atoms with Gasteiger partial charge in [-0.05, 0) is 37.1 Å². The van der Waals surface area contributed by atoms with Crippen LogP contribution in [-0.4, -0.2) is 14.8 Å². The lowest BCUT2D eigenvalue weighted by molar-refractivity contribution is 0.576. The number of aromatic nitrogens is 3. The first-order valence-corrected chi connectivity index (χ1v) is 8.09. The maximum absolute atomic E-state index is 13.7. The lowest BCUT2D eigenvalue weighted by Crippen LogP contribution is -2.01. The first-order valence-electron chi connectivity index (χ1n) is 7.11. The Bertz CT molecular complexity index is 846. The molecule has 3 nitrogen and oxygen atoms in total. The van der Waals surface area contributed by atoms with E-state index in [1.807, 2.05) is 42.7 Å². The minimum atomic E-state index is -0.574. The molecule has 23 heavy (non-hydrogen) atoms. The Balaban J connectivity index is 1.89. The fraction of sp³-hybridized carbons (Fsp3) is 0.176. The van der Waals surface area contributed by atoms with Crippen molar-refractivity contribution < 1.29 is 8.78 Å². The van der Waals surface area contributed by atoms with Crippen molar-refractivity contribution in [2.45, 2.75) is 24.8 Å². The third kappa shape index (κ3) is 3.27. The molecule has 118 valence electrons. The smallest absolute Gasteiger partial charge is 0.196 e. The molecule has 3 aromatic rings. The predicted molar refractivity (Wildman–Crippen MR) is 86.8 cm³/mol. The number of para-hydroxylation sites is 1. The largest absolute Gasteiger partial charge is 0.274 e. The molecule has 0 bridgehead atoms. The van der Waals surface area contributed by atoms with Gasteiger partial charge >= 0.3 is 0 Å². The van der Waals surface area contributed by atoms with E-state index in [0.717, 1.165) is 23.1 Å². The number of halogens is 2. The highest BCUT2D eigenvalue weighted by atomic mass is 32.2. The molecule has 0 aliphatic rings. The molecule has 3 rings (SSSR count). The van der Waals surface area contributed by atoms with Crippen LogP contribution < -0.4 is 0 Å². The first-order chi connectivity index (χ1) is 11.1. The summed E-state index contributed by atoms with van der Waals surface area (Å²) in [4.78, 5) is 0. The topological polar surface area (TPSA) is 30.7 Å². The minimum absolute atomic E-state index is 0.357. The molecular weight excluding hydrogens is 316 g/mol. The van der Waals surface area contributed by atoms with Crippen molar-refractivity contribution in [1.82, 2.24) is 14.8 Å². The summed E-state index contributed by atoms with van der Waals surface area (Å²) in [7, 11) is 0. The van der Waals surface area contributed by atoms with Gasteiger partial charge in [0.1, 0.15) is 17.5 Å². The zero-order chi connectivity index (χ0) is 16.4. The van der Waals surface area contributed by atoms with Gasteiger partial charge in [0.25, 0.3) is 0 Å². The van der Waals surface area contributed by atoms with E-state index in [0.29, 0.717) is 16.5 Å². The quantitative estimate of drug-likeness (QED) is 0.662. The molecule has 0 N–H and O–H groups in total. The average Bonchev–Trinajstić information content (AvgIpc) is 2.88. The fourth-order valence-corrected chi connectivity index (χ4v) is 3.29. The second kappa shape index (κ2) is 6.50. The lowest BCUT2D eigenvalue weighted by Gasteiger charge is -2.11. The van der Waals surface area contributed by atoms with E-state index in [1.165, 1.54) is 23.9 Å². The first kappa shape index (κ1) is 15.7. The highest BCUT2D eigenvalue weighted by molar-refractivity contribution is 7.98. The van der Waals surface area contributed by atoms with Crippen LogP contribution in [0.5, 0.6) is 0 Å². The molecule has 6 heteroatoms. The number of hydrogen-bond acceptors (Lipinski definition) is 3. The summed E-state index contributed by atoms with van der Waals surface area (Å²) >= 11 is 1.37. The minimum Gasteiger partial charge on any atom is -0.274 e. The van der Waals surface area contributed by atoms with Crippen LogP contribution in [0.4, 0.5) is 8.78 Å². The summed E-state index contributed by atoms with van der Waals surface area (Å²) in [6.45, 7) is 3.89. The van der Waals surface area contributed by atoms with Crippen LogP contribution in [0.25, 0.3) is 5.69 Å². The van der Waals surface area contributed by atoms with Gasteiger partial charge in [-0.2, -0.15) is 0 Å². The maximum atomic E-state index is 13.7. The van der Waals surface area contributed by atoms with Crippen molar-refractivity contribution in [3.63, 3.8) is 0 Å². The Hall–Kier alpha value is -2.21. The predicted octanol–water partition coefficient (Wildman–Crippen LogP) is 4.45. The number of benzene rings is 2. The summed E-state index contributed by atoms with van der Waals surface area (Å²) in [5.41, 5.74) is 2.54. The molecule has 0 amide bonds. The molecule has 0 saturated heterocycles. The zero-order valence-electron chi connectivity index (χ0n) is 12.8. The number of hydrogen-bond donors (Lipinski definition) is 0. The molecule has 0 saturated carbocycles. The third-order valence-electron chi connectivity index (χ3n) is 3.52. The monoisotopic (exact) mass is 331 g/mol. The van der Waals surface area contributed by atoms with Crippen LogP contribution in [0.3, 0.4) is 0 Å². The number of rotatable bonds is 4. The van der Waals surface area contributed by atoms with Gasteiger partial charge in [0, 0.05) is 11.8 Å². The molecule has 0 unspecified atom stereocenters. The van der Waals surface area contributed by atoms with E-state index in [-0.39, 0.29) is 0 Å². The molecule has 0 aliphatic carbocycles. The van der Waals surface area contributed by atoms with Crippen molar-refractivity contribution in [1.29, 1.82) is 0 Å². The van der Waals surface area contributed by atoms with E-state index in [1.54, 1.807) is 0 Å². The normalized spacial score (nSPS) is 11.0. The Morgan fingerprint density at radius 2 is 1.83 bits per heavy atom. The number of thioether (sulfide) groups is 1. The standard InChI is InChI=1S/C17H15F2N3S/c1-11-5-3-4-6-16(11)22-12(2)20-21-17(22)23-10-13-7-8-14(18)9-15(13)19/h3-9H,10H2,1-2H3. The summed E-state index contributed by atoms with van der Waals surface area (Å²) in [6, 6.07) is 11.6. The Morgan fingerprint density at radius 1 is 1.04 bits per heavy atom. The molecule has 0 fully saturated rings. The van der Waals surface area contributed by atoms with E-state index in [9.17, 15) is 8.78 Å². The van der Waals surface area contributed by atoms with Gasteiger partial charge in [-0.25, -0.2) is 8.78 Å². The van der Waals surface area contributed by atoms with Crippen LogP contribution >= 0.6 is 11.8 Å². The van der Waals surface area contributed by atoms with Gasteiger partial charge in [0.2, 0.25) is 0 Å². The van der Waals surface area contributed by atoms with Crippen LogP contribution in [0.2, 0.25) is 0 Å². The Kier molecular flexibility index (Phi) is 4.43. The summed E-state index contributed by atoms with van der Waals surface area (Å²) in [5.74, 6) is 0.00331. The van der Waals surface area contributed by atoms with E-state index >= 15 is 0 Å². The molecule has 1 aromatic heterocycles. The van der Waals surface area contributed by atoms with Gasteiger partial charge in [-0.1, -0.05) is 36.0 Å². The highest BCUT2D eigenvalue weighted by Crippen LogP contribution is 2.27. The third-order valence-corrected chi connectivity index (χ3v) is 4.50. The Morgan fingerprint density at radius 3 is 2.57 bits per heavy atom. The molecule has 2 aromatic carbocycles. The van der Waals surface area contributed by atoms with Crippen molar-refractivity contribution >= 4 is 11.8 Å². The highest BCUT2D eigenvalue weighted by Gasteiger charge is 2.14. The summed E-state index contributed by atoms with van der Waals surface area (Å²) in [6.07, 6.45) is 0. The Labute approximate surface area is 137 Å². The molecule has 0 atom stereocenters. The van der Waals surface area contributed by atoms with Crippen LogP contribution in [-0.2, 0) is 5.75 Å². The average molecular weight is 331 g/mol. The van der Waals surface area contributed by atoms with Gasteiger partial charge in [-0.3, -0.25) is 4.57 Å². The number of nitrogens with zero attached hydrogens (tertiary/aromatic N) is 3. The molecule has 0 aliphatic heterocycles. The van der Waals surface area contributed by atoms with E-state index in [2.05, 4.69) is 10.2 Å². The van der Waals surface area contributed by atoms with Crippen LogP contribution in [0.1, 0.15) is 17.0 Å². The van der Waals surface area contributed by atoms with Crippen LogP contribution in [0.15, 0.2) is 47.6 Å². The van der Waals surface area contributed by atoms with Crippen molar-refractivity contribution in [2.75, 3.05) is 0 Å². The number of aryl methyl sites for hydroxylation is 2. The van der Waals surface area contributed by atoms with Gasteiger partial charge in [0.15, 0.2) is 5.16 Å². The maximum Gasteiger partial charge on any atom is 0.196 e. The van der Waals surface area contributed by atoms with Gasteiger partial charge in [-0.15, -0.1) is 10.2 Å². The van der Waals surface area contributed by atoms with Crippen molar-refractivity contribution in [3.05, 3.63) is 71.1 Å². The van der Waals surface area contributed by atoms with E-state index in [4.69, 9.17) is 0 Å². The van der Waals surface area contributed by atoms with Gasteiger partial charge < -0.3 is 0 Å². The second-order valence-corrected chi connectivity index (χ2v) is 6.12. The van der Waals surface area contributed by atoms with E-state index < -0.39 is 11.6 Å². The molecule has 0 radical (unpaired) electrons. The van der Waals surface area contributed by atoms with Crippen molar-refractivity contribution in [3.8, 4) is 5.69 Å².